The molecule has 0 radical (unpaired) electrons. The van der Waals surface area contributed by atoms with Crippen molar-refractivity contribution in [3.05, 3.63) is 22.2 Å². The SMILES string of the molecule is CCNc1cc([N+](=O)[O-])cc(N(CCOC)CC(C)C)n1. The van der Waals surface area contributed by atoms with Gasteiger partial charge in [-0.3, -0.25) is 10.1 Å². The third-order valence-corrected chi connectivity index (χ3v) is 2.84. The van der Waals surface area contributed by atoms with Crippen LogP contribution in [-0.4, -0.2) is 43.3 Å². The third-order valence-electron chi connectivity index (χ3n) is 2.84. The fraction of sp³-hybridized carbons (Fsp3) is 0.643. The highest BCUT2D eigenvalue weighted by atomic mass is 16.6. The van der Waals surface area contributed by atoms with Crippen molar-refractivity contribution < 1.29 is 9.66 Å². The first-order valence-electron chi connectivity index (χ1n) is 7.12. The van der Waals surface area contributed by atoms with Crippen molar-refractivity contribution in [2.24, 2.45) is 5.92 Å². The normalized spacial score (nSPS) is 10.7. The standard InChI is InChI=1S/C14H24N4O3/c1-5-15-13-8-12(18(19)20)9-14(16-13)17(6-7-21-4)10-11(2)3/h8-9,11H,5-7,10H2,1-4H3,(H,15,16). The first-order valence-corrected chi connectivity index (χ1v) is 7.12. The van der Waals surface area contributed by atoms with E-state index in [0.29, 0.717) is 37.3 Å². The summed E-state index contributed by atoms with van der Waals surface area (Å²) in [5, 5.41) is 14.1. The number of aromatic nitrogens is 1. The molecular formula is C14H24N4O3. The van der Waals surface area contributed by atoms with Crippen molar-refractivity contribution in [3.8, 4) is 0 Å². The van der Waals surface area contributed by atoms with Gasteiger partial charge in [0.1, 0.15) is 11.6 Å². The Morgan fingerprint density at radius 1 is 1.48 bits per heavy atom. The fourth-order valence-electron chi connectivity index (χ4n) is 1.98. The Morgan fingerprint density at radius 2 is 2.19 bits per heavy atom. The zero-order valence-electron chi connectivity index (χ0n) is 13.1. The highest BCUT2D eigenvalue weighted by molar-refractivity contribution is 5.56. The summed E-state index contributed by atoms with van der Waals surface area (Å²) in [6.45, 7) is 8.75. The molecule has 21 heavy (non-hydrogen) atoms. The van der Waals surface area contributed by atoms with Gasteiger partial charge in [0.25, 0.3) is 5.69 Å². The quantitative estimate of drug-likeness (QED) is 0.557. The average molecular weight is 296 g/mol. The van der Waals surface area contributed by atoms with E-state index in [1.807, 2.05) is 11.8 Å². The molecule has 1 rings (SSSR count). The molecule has 1 N–H and O–H groups in total. The number of ether oxygens (including phenoxy) is 1. The van der Waals surface area contributed by atoms with Crippen LogP contribution in [0.4, 0.5) is 17.3 Å². The monoisotopic (exact) mass is 296 g/mol. The minimum absolute atomic E-state index is 0.0436. The van der Waals surface area contributed by atoms with Crippen molar-refractivity contribution in [1.29, 1.82) is 0 Å². The van der Waals surface area contributed by atoms with Gasteiger partial charge in [-0.1, -0.05) is 13.8 Å². The van der Waals surface area contributed by atoms with Crippen molar-refractivity contribution in [2.45, 2.75) is 20.8 Å². The Labute approximate surface area is 125 Å². The van der Waals surface area contributed by atoms with Crippen LogP contribution in [0.3, 0.4) is 0 Å². The van der Waals surface area contributed by atoms with Crippen molar-refractivity contribution in [2.75, 3.05) is 43.6 Å². The molecule has 1 heterocycles. The number of nitro groups is 1. The first-order chi connectivity index (χ1) is 9.97. The predicted molar refractivity (Wildman–Crippen MR) is 84.0 cm³/mol. The number of methoxy groups -OCH3 is 1. The molecule has 1 aromatic rings. The van der Waals surface area contributed by atoms with Gasteiger partial charge in [0.2, 0.25) is 0 Å². The summed E-state index contributed by atoms with van der Waals surface area (Å²) in [7, 11) is 1.64. The van der Waals surface area contributed by atoms with Gasteiger partial charge in [-0.2, -0.15) is 0 Å². The van der Waals surface area contributed by atoms with E-state index in [0.717, 1.165) is 6.54 Å². The van der Waals surface area contributed by atoms with Crippen LogP contribution in [0.2, 0.25) is 0 Å². The maximum Gasteiger partial charge on any atom is 0.276 e. The minimum atomic E-state index is -0.393. The lowest BCUT2D eigenvalue weighted by Crippen LogP contribution is -2.31. The largest absolute Gasteiger partial charge is 0.383 e. The van der Waals surface area contributed by atoms with Gasteiger partial charge < -0.3 is 15.0 Å². The lowest BCUT2D eigenvalue weighted by molar-refractivity contribution is -0.384. The van der Waals surface area contributed by atoms with E-state index in [1.165, 1.54) is 12.1 Å². The molecule has 7 nitrogen and oxygen atoms in total. The fourth-order valence-corrected chi connectivity index (χ4v) is 1.98. The molecule has 0 aromatic carbocycles. The van der Waals surface area contributed by atoms with E-state index in [9.17, 15) is 10.1 Å². The Bertz CT molecular complexity index is 466. The Morgan fingerprint density at radius 3 is 2.71 bits per heavy atom. The van der Waals surface area contributed by atoms with Crippen molar-refractivity contribution >= 4 is 17.3 Å². The molecule has 0 saturated heterocycles. The summed E-state index contributed by atoms with van der Waals surface area (Å²) in [6, 6.07) is 2.97. The summed E-state index contributed by atoms with van der Waals surface area (Å²) in [4.78, 5) is 17.2. The molecular weight excluding hydrogens is 272 g/mol. The van der Waals surface area contributed by atoms with Gasteiger partial charge in [-0.05, 0) is 12.8 Å². The summed E-state index contributed by atoms with van der Waals surface area (Å²) >= 11 is 0. The molecule has 118 valence electrons. The maximum atomic E-state index is 11.1. The number of hydrogen-bond acceptors (Lipinski definition) is 6. The number of rotatable bonds is 9. The maximum absolute atomic E-state index is 11.1. The molecule has 0 aliphatic carbocycles. The molecule has 7 heteroatoms. The number of nitrogens with zero attached hydrogens (tertiary/aromatic N) is 3. The van der Waals surface area contributed by atoms with E-state index in [4.69, 9.17) is 4.74 Å². The summed E-state index contributed by atoms with van der Waals surface area (Å²) in [5.41, 5.74) is 0.0436. The van der Waals surface area contributed by atoms with Crippen LogP contribution in [0.15, 0.2) is 12.1 Å². The van der Waals surface area contributed by atoms with Gasteiger partial charge in [0.15, 0.2) is 0 Å². The second-order valence-electron chi connectivity index (χ2n) is 5.19. The molecule has 0 bridgehead atoms. The highest BCUT2D eigenvalue weighted by Crippen LogP contribution is 2.24. The summed E-state index contributed by atoms with van der Waals surface area (Å²) < 4.78 is 5.11. The number of hydrogen-bond donors (Lipinski definition) is 1. The lowest BCUT2D eigenvalue weighted by atomic mass is 10.2. The second kappa shape index (κ2) is 8.41. The molecule has 0 unspecified atom stereocenters. The molecule has 0 amide bonds. The molecule has 0 saturated carbocycles. The molecule has 0 aliphatic rings. The van der Waals surface area contributed by atoms with Gasteiger partial charge in [0, 0.05) is 26.7 Å². The van der Waals surface area contributed by atoms with Gasteiger partial charge in [0.05, 0.1) is 23.7 Å². The van der Waals surface area contributed by atoms with Gasteiger partial charge in [-0.25, -0.2) is 4.98 Å². The third kappa shape index (κ3) is 5.55. The molecule has 0 spiro atoms. The zero-order chi connectivity index (χ0) is 15.8. The number of nitrogens with one attached hydrogen (secondary N) is 1. The number of pyridine rings is 1. The van der Waals surface area contributed by atoms with Crippen LogP contribution in [0.1, 0.15) is 20.8 Å². The summed E-state index contributed by atoms with van der Waals surface area (Å²) in [6.07, 6.45) is 0. The predicted octanol–water partition coefficient (Wildman–Crippen LogP) is 2.53. The topological polar surface area (TPSA) is 80.5 Å². The molecule has 0 fully saturated rings. The molecule has 1 aromatic heterocycles. The Balaban J connectivity index is 3.11. The second-order valence-corrected chi connectivity index (χ2v) is 5.19. The summed E-state index contributed by atoms with van der Waals surface area (Å²) in [5.74, 6) is 1.55. The van der Waals surface area contributed by atoms with Crippen LogP contribution < -0.4 is 10.2 Å². The zero-order valence-corrected chi connectivity index (χ0v) is 13.1. The van der Waals surface area contributed by atoms with E-state index in [-0.39, 0.29) is 5.69 Å². The van der Waals surface area contributed by atoms with E-state index in [2.05, 4.69) is 24.1 Å². The van der Waals surface area contributed by atoms with Crippen molar-refractivity contribution in [3.63, 3.8) is 0 Å². The van der Waals surface area contributed by atoms with Gasteiger partial charge in [-0.15, -0.1) is 0 Å². The Hall–Kier alpha value is -1.89. The smallest absolute Gasteiger partial charge is 0.276 e. The average Bonchev–Trinajstić information content (AvgIpc) is 2.43. The van der Waals surface area contributed by atoms with E-state index >= 15 is 0 Å². The van der Waals surface area contributed by atoms with Crippen molar-refractivity contribution in [1.82, 2.24) is 4.98 Å². The Kier molecular flexibility index (Phi) is 6.87. The number of anilines is 2. The van der Waals surface area contributed by atoms with Gasteiger partial charge >= 0.3 is 0 Å². The van der Waals surface area contributed by atoms with Crippen LogP contribution in [0.25, 0.3) is 0 Å². The highest BCUT2D eigenvalue weighted by Gasteiger charge is 2.16. The first kappa shape index (κ1) is 17.2. The molecule has 0 atom stereocenters. The van der Waals surface area contributed by atoms with E-state index < -0.39 is 4.92 Å². The van der Waals surface area contributed by atoms with Crippen LogP contribution in [0, 0.1) is 16.0 Å². The van der Waals surface area contributed by atoms with Crippen LogP contribution in [-0.2, 0) is 4.74 Å². The van der Waals surface area contributed by atoms with Crippen LogP contribution in [0.5, 0.6) is 0 Å². The lowest BCUT2D eigenvalue weighted by Gasteiger charge is -2.25. The minimum Gasteiger partial charge on any atom is -0.383 e. The molecule has 0 aliphatic heterocycles. The van der Waals surface area contributed by atoms with Crippen LogP contribution >= 0.6 is 0 Å². The van der Waals surface area contributed by atoms with E-state index in [1.54, 1.807) is 7.11 Å².